The number of hydrogen-bond acceptors (Lipinski definition) is 1. The van der Waals surface area contributed by atoms with Crippen LogP contribution in [0.4, 0.5) is 0 Å². The minimum absolute atomic E-state index is 0.195. The van der Waals surface area contributed by atoms with Crippen LogP contribution in [0, 0.1) is 23.2 Å². The molecule has 16 heavy (non-hydrogen) atoms. The zero-order valence-electron chi connectivity index (χ0n) is 11.7. The molecule has 0 amide bonds. The minimum atomic E-state index is 0.195. The van der Waals surface area contributed by atoms with E-state index in [0.717, 1.165) is 12.8 Å². The third kappa shape index (κ3) is 2.67. The standard InChI is InChI=1S/C15H28O/c1-6-12(7-2)15(4,5)13-9-8-11(3)10-14(13)16/h11-13H,6-10H2,1-5H3. The van der Waals surface area contributed by atoms with Gasteiger partial charge < -0.3 is 0 Å². The Morgan fingerprint density at radius 3 is 2.25 bits per heavy atom. The van der Waals surface area contributed by atoms with Gasteiger partial charge in [-0.3, -0.25) is 4.79 Å². The summed E-state index contributed by atoms with van der Waals surface area (Å²) in [6.45, 7) is 11.3. The van der Waals surface area contributed by atoms with Crippen molar-refractivity contribution in [2.24, 2.45) is 23.2 Å². The molecule has 0 aromatic heterocycles. The first-order valence-electron chi connectivity index (χ1n) is 6.96. The third-order valence-corrected chi connectivity index (χ3v) is 4.82. The molecule has 2 atom stereocenters. The molecule has 0 saturated heterocycles. The van der Waals surface area contributed by atoms with E-state index in [1.54, 1.807) is 0 Å². The molecule has 1 fully saturated rings. The summed E-state index contributed by atoms with van der Waals surface area (Å²) in [5.74, 6) is 2.14. The lowest BCUT2D eigenvalue weighted by molar-refractivity contribution is -0.131. The van der Waals surface area contributed by atoms with Gasteiger partial charge in [-0.05, 0) is 30.1 Å². The van der Waals surface area contributed by atoms with Crippen molar-refractivity contribution in [2.75, 3.05) is 0 Å². The smallest absolute Gasteiger partial charge is 0.136 e. The number of carbonyl (C=O) groups is 1. The molecule has 94 valence electrons. The van der Waals surface area contributed by atoms with Crippen LogP contribution in [0.2, 0.25) is 0 Å². The fourth-order valence-corrected chi connectivity index (χ4v) is 3.61. The van der Waals surface area contributed by atoms with Gasteiger partial charge >= 0.3 is 0 Å². The van der Waals surface area contributed by atoms with Crippen molar-refractivity contribution in [3.05, 3.63) is 0 Å². The molecule has 0 spiro atoms. The van der Waals surface area contributed by atoms with Crippen molar-refractivity contribution < 1.29 is 4.79 Å². The molecule has 1 saturated carbocycles. The lowest BCUT2D eigenvalue weighted by atomic mass is 9.61. The van der Waals surface area contributed by atoms with Crippen molar-refractivity contribution in [2.45, 2.75) is 66.7 Å². The molecule has 1 aliphatic carbocycles. The predicted molar refractivity (Wildman–Crippen MR) is 69.4 cm³/mol. The Balaban J connectivity index is 2.78. The second kappa shape index (κ2) is 5.33. The van der Waals surface area contributed by atoms with Crippen LogP contribution >= 0.6 is 0 Å². The normalized spacial score (nSPS) is 27.5. The molecule has 2 unspecified atom stereocenters. The van der Waals surface area contributed by atoms with E-state index in [4.69, 9.17) is 0 Å². The Bertz CT molecular complexity index is 238. The first kappa shape index (κ1) is 13.7. The average Bonchev–Trinajstić information content (AvgIpc) is 2.18. The maximum absolute atomic E-state index is 12.2. The summed E-state index contributed by atoms with van der Waals surface area (Å²) in [4.78, 5) is 12.2. The number of hydrogen-bond donors (Lipinski definition) is 0. The molecule has 0 bridgehead atoms. The molecule has 1 heteroatoms. The van der Waals surface area contributed by atoms with Gasteiger partial charge in [0, 0.05) is 12.3 Å². The van der Waals surface area contributed by atoms with Crippen LogP contribution in [0.5, 0.6) is 0 Å². The van der Waals surface area contributed by atoms with Gasteiger partial charge in [0.15, 0.2) is 0 Å². The average molecular weight is 224 g/mol. The fourth-order valence-electron chi connectivity index (χ4n) is 3.61. The summed E-state index contributed by atoms with van der Waals surface area (Å²) in [5.41, 5.74) is 0.195. The highest BCUT2D eigenvalue weighted by Crippen LogP contribution is 2.45. The summed E-state index contributed by atoms with van der Waals surface area (Å²) in [6.07, 6.45) is 5.56. The van der Waals surface area contributed by atoms with Crippen LogP contribution in [0.25, 0.3) is 0 Å². The molecule has 0 aliphatic heterocycles. The quantitative estimate of drug-likeness (QED) is 0.689. The summed E-state index contributed by atoms with van der Waals surface area (Å²) in [5, 5.41) is 0. The molecule has 1 rings (SSSR count). The van der Waals surface area contributed by atoms with E-state index in [2.05, 4.69) is 34.6 Å². The van der Waals surface area contributed by atoms with E-state index in [-0.39, 0.29) is 5.41 Å². The van der Waals surface area contributed by atoms with E-state index in [1.807, 2.05) is 0 Å². The van der Waals surface area contributed by atoms with Crippen molar-refractivity contribution >= 4 is 5.78 Å². The second-order valence-electron chi connectivity index (χ2n) is 6.24. The summed E-state index contributed by atoms with van der Waals surface area (Å²) in [7, 11) is 0. The van der Waals surface area contributed by atoms with Crippen LogP contribution in [0.15, 0.2) is 0 Å². The van der Waals surface area contributed by atoms with Crippen LogP contribution in [0.1, 0.15) is 66.7 Å². The van der Waals surface area contributed by atoms with Gasteiger partial charge in [0.1, 0.15) is 5.78 Å². The van der Waals surface area contributed by atoms with Gasteiger partial charge in [-0.15, -0.1) is 0 Å². The highest BCUT2D eigenvalue weighted by atomic mass is 16.1. The molecule has 0 aromatic carbocycles. The van der Waals surface area contributed by atoms with Gasteiger partial charge in [0.25, 0.3) is 0 Å². The van der Waals surface area contributed by atoms with E-state index < -0.39 is 0 Å². The predicted octanol–water partition coefficient (Wildman–Crippen LogP) is 4.45. The largest absolute Gasteiger partial charge is 0.299 e. The number of rotatable bonds is 4. The lowest BCUT2D eigenvalue weighted by Gasteiger charge is -2.42. The van der Waals surface area contributed by atoms with Crippen molar-refractivity contribution in [3.63, 3.8) is 0 Å². The van der Waals surface area contributed by atoms with Crippen LogP contribution in [-0.2, 0) is 4.79 Å². The van der Waals surface area contributed by atoms with E-state index >= 15 is 0 Å². The van der Waals surface area contributed by atoms with Gasteiger partial charge in [-0.2, -0.15) is 0 Å². The van der Waals surface area contributed by atoms with Crippen LogP contribution in [-0.4, -0.2) is 5.78 Å². The van der Waals surface area contributed by atoms with E-state index in [9.17, 15) is 4.79 Å². The second-order valence-corrected chi connectivity index (χ2v) is 6.24. The first-order chi connectivity index (χ1) is 7.43. The molecule has 1 aliphatic rings. The zero-order valence-corrected chi connectivity index (χ0v) is 11.7. The Morgan fingerprint density at radius 1 is 1.25 bits per heavy atom. The number of ketones is 1. The van der Waals surface area contributed by atoms with Crippen LogP contribution in [0.3, 0.4) is 0 Å². The van der Waals surface area contributed by atoms with Crippen molar-refractivity contribution in [1.82, 2.24) is 0 Å². The van der Waals surface area contributed by atoms with Crippen molar-refractivity contribution in [1.29, 1.82) is 0 Å². The maximum atomic E-state index is 12.2. The molecule has 0 N–H and O–H groups in total. The maximum Gasteiger partial charge on any atom is 0.136 e. The molecule has 0 aromatic rings. The molecule has 1 nitrogen and oxygen atoms in total. The Kier molecular flexibility index (Phi) is 4.58. The molecule has 0 radical (unpaired) electrons. The monoisotopic (exact) mass is 224 g/mol. The van der Waals surface area contributed by atoms with Gasteiger partial charge in [-0.1, -0.05) is 47.5 Å². The Hall–Kier alpha value is -0.330. The molecular formula is C15H28O. The topological polar surface area (TPSA) is 17.1 Å². The van der Waals surface area contributed by atoms with Crippen LogP contribution < -0.4 is 0 Å². The Morgan fingerprint density at radius 2 is 1.81 bits per heavy atom. The highest BCUT2D eigenvalue weighted by molar-refractivity contribution is 5.82. The van der Waals surface area contributed by atoms with Gasteiger partial charge in [0.05, 0.1) is 0 Å². The van der Waals surface area contributed by atoms with Crippen molar-refractivity contribution in [3.8, 4) is 0 Å². The zero-order chi connectivity index (χ0) is 12.3. The lowest BCUT2D eigenvalue weighted by Crippen LogP contribution is -2.40. The molecular weight excluding hydrogens is 196 g/mol. The summed E-state index contributed by atoms with van der Waals surface area (Å²) < 4.78 is 0. The van der Waals surface area contributed by atoms with Gasteiger partial charge in [0.2, 0.25) is 0 Å². The SMILES string of the molecule is CCC(CC)C(C)(C)C1CCC(C)CC1=O. The number of carbonyl (C=O) groups excluding carboxylic acids is 1. The Labute approximate surface area is 101 Å². The van der Waals surface area contributed by atoms with Gasteiger partial charge in [-0.25, -0.2) is 0 Å². The van der Waals surface area contributed by atoms with E-state index in [0.29, 0.717) is 23.5 Å². The molecule has 0 heterocycles. The first-order valence-corrected chi connectivity index (χ1v) is 6.96. The number of Topliss-reactive ketones (excluding diaryl/α,β-unsaturated/α-hetero) is 1. The fraction of sp³-hybridized carbons (Fsp3) is 0.933. The summed E-state index contributed by atoms with van der Waals surface area (Å²) >= 11 is 0. The highest BCUT2D eigenvalue weighted by Gasteiger charge is 2.41. The minimum Gasteiger partial charge on any atom is -0.299 e. The summed E-state index contributed by atoms with van der Waals surface area (Å²) in [6, 6.07) is 0. The third-order valence-electron chi connectivity index (χ3n) is 4.82. The van der Waals surface area contributed by atoms with E-state index in [1.165, 1.54) is 19.3 Å².